The lowest BCUT2D eigenvalue weighted by Crippen LogP contribution is -2.55. The molecule has 0 bridgehead atoms. The second-order valence-corrected chi connectivity index (χ2v) is 8.04. The van der Waals surface area contributed by atoms with Gasteiger partial charge in [-0.3, -0.25) is 19.8 Å². The highest BCUT2D eigenvalue weighted by atomic mass is 16.7. The number of ether oxygens (including phenoxy) is 2. The molecule has 2 fully saturated rings. The van der Waals surface area contributed by atoms with Crippen LogP contribution in [0, 0.1) is 10.1 Å². The molecule has 1 spiro atoms. The molecule has 29 heavy (non-hydrogen) atoms. The zero-order valence-corrected chi connectivity index (χ0v) is 15.5. The van der Waals surface area contributed by atoms with E-state index in [1.54, 1.807) is 0 Å². The Hall–Kier alpha value is -3.13. The van der Waals surface area contributed by atoms with Crippen molar-refractivity contribution < 1.29 is 19.2 Å². The Balaban J connectivity index is 1.57. The molecule has 2 saturated heterocycles. The Labute approximate surface area is 166 Å². The van der Waals surface area contributed by atoms with E-state index in [9.17, 15) is 14.9 Å². The van der Waals surface area contributed by atoms with Crippen molar-refractivity contribution in [1.82, 2.24) is 4.90 Å². The van der Waals surface area contributed by atoms with Gasteiger partial charge >= 0.3 is 0 Å². The van der Waals surface area contributed by atoms with Gasteiger partial charge < -0.3 is 14.8 Å². The maximum Gasteiger partial charge on any atom is 0.256 e. The number of fused-ring (bicyclic) bond motifs is 5. The van der Waals surface area contributed by atoms with E-state index in [0.717, 1.165) is 18.4 Å². The number of anilines is 1. The van der Waals surface area contributed by atoms with Crippen LogP contribution < -0.4 is 14.8 Å². The predicted molar refractivity (Wildman–Crippen MR) is 103 cm³/mol. The van der Waals surface area contributed by atoms with E-state index < -0.39 is 17.5 Å². The summed E-state index contributed by atoms with van der Waals surface area (Å²) in [5, 5.41) is 15.4. The van der Waals surface area contributed by atoms with Gasteiger partial charge in [0.2, 0.25) is 6.79 Å². The molecule has 1 N–H and O–H groups in total. The topological polar surface area (TPSA) is 93.9 Å². The molecule has 0 saturated carbocycles. The molecule has 4 aliphatic heterocycles. The van der Waals surface area contributed by atoms with Crippen molar-refractivity contribution in [2.24, 2.45) is 0 Å². The number of hydrogen-bond acceptors (Lipinski definition) is 6. The number of nitrogens with one attached hydrogen (secondary N) is 1. The molecule has 0 aromatic heterocycles. The zero-order valence-electron chi connectivity index (χ0n) is 15.5. The van der Waals surface area contributed by atoms with E-state index >= 15 is 0 Å². The van der Waals surface area contributed by atoms with E-state index in [1.165, 1.54) is 0 Å². The molecule has 8 nitrogen and oxygen atoms in total. The van der Waals surface area contributed by atoms with Crippen molar-refractivity contribution in [3.63, 3.8) is 0 Å². The van der Waals surface area contributed by atoms with Crippen LogP contribution in [0.5, 0.6) is 11.5 Å². The first-order valence-corrected chi connectivity index (χ1v) is 9.83. The van der Waals surface area contributed by atoms with Gasteiger partial charge in [-0.15, -0.1) is 0 Å². The summed E-state index contributed by atoms with van der Waals surface area (Å²) >= 11 is 0. The maximum atomic E-state index is 13.4. The quantitative estimate of drug-likeness (QED) is 0.622. The van der Waals surface area contributed by atoms with Crippen LogP contribution in [0.1, 0.15) is 29.9 Å². The molecule has 0 radical (unpaired) electrons. The second-order valence-electron chi connectivity index (χ2n) is 8.04. The number of hydrogen-bond donors (Lipinski definition) is 1. The van der Waals surface area contributed by atoms with Gasteiger partial charge in [-0.2, -0.15) is 0 Å². The first kappa shape index (κ1) is 16.8. The first-order valence-electron chi connectivity index (χ1n) is 9.83. The fourth-order valence-electron chi connectivity index (χ4n) is 5.90. The smallest absolute Gasteiger partial charge is 0.256 e. The van der Waals surface area contributed by atoms with Gasteiger partial charge in [-0.05, 0) is 36.6 Å². The Bertz CT molecular complexity index is 1060. The fraction of sp³-hybridized carbons (Fsp3) is 0.381. The second kappa shape index (κ2) is 5.70. The third-order valence-electron chi connectivity index (χ3n) is 6.88. The summed E-state index contributed by atoms with van der Waals surface area (Å²) in [6, 6.07) is 11.7. The highest BCUT2D eigenvalue weighted by Crippen LogP contribution is 2.58. The number of nitrogens with zero attached hydrogens (tertiary/aromatic N) is 2. The van der Waals surface area contributed by atoms with Gasteiger partial charge in [0, 0.05) is 28.8 Å². The summed E-state index contributed by atoms with van der Waals surface area (Å²) in [5.41, 5.74) is 0.910. The standard InChI is InChI=1S/C21H19N3O5/c25-20-21(13-4-1-2-5-14(13)22-20)19(24(26)27)18(15-6-3-9-23(15)21)12-7-8-16-17(10-12)29-11-28-16/h1-2,4-5,7-8,10,15,18-19H,3,6,9,11H2,(H,22,25)/t15-,18-,19+,21-/m0/s1. The van der Waals surface area contributed by atoms with Gasteiger partial charge in [0.05, 0.1) is 5.92 Å². The van der Waals surface area contributed by atoms with Crippen LogP contribution in [0.25, 0.3) is 0 Å². The molecule has 4 atom stereocenters. The lowest BCUT2D eigenvalue weighted by Gasteiger charge is -2.32. The molecule has 0 unspecified atom stereocenters. The van der Waals surface area contributed by atoms with Crippen LogP contribution in [0.4, 0.5) is 5.69 Å². The molecule has 8 heteroatoms. The van der Waals surface area contributed by atoms with Crippen LogP contribution >= 0.6 is 0 Å². The van der Waals surface area contributed by atoms with E-state index in [2.05, 4.69) is 10.2 Å². The number of benzene rings is 2. The van der Waals surface area contributed by atoms with Crippen LogP contribution in [-0.4, -0.2) is 41.2 Å². The minimum absolute atomic E-state index is 0.0809. The number of carbonyl (C=O) groups excluding carboxylic acids is 1. The lowest BCUT2D eigenvalue weighted by molar-refractivity contribution is -0.534. The van der Waals surface area contributed by atoms with E-state index in [1.807, 2.05) is 42.5 Å². The van der Waals surface area contributed by atoms with Crippen LogP contribution in [0.15, 0.2) is 42.5 Å². The largest absolute Gasteiger partial charge is 0.454 e. The van der Waals surface area contributed by atoms with E-state index in [-0.39, 0.29) is 23.7 Å². The SMILES string of the molecule is O=C1Nc2ccccc2[C@]12[C@H]([N+](=O)[O-])[C@@H](c1ccc3c(c1)OCO3)[C@@H]1CCCN12. The Morgan fingerprint density at radius 1 is 1.17 bits per heavy atom. The number of rotatable bonds is 2. The highest BCUT2D eigenvalue weighted by molar-refractivity contribution is 6.07. The Kier molecular flexibility index (Phi) is 3.30. The summed E-state index contributed by atoms with van der Waals surface area (Å²) in [4.78, 5) is 27.7. The maximum absolute atomic E-state index is 13.4. The molecular formula is C21H19N3O5. The molecule has 1 amide bonds. The normalized spacial score (nSPS) is 31.7. The molecule has 2 aromatic carbocycles. The fourth-order valence-corrected chi connectivity index (χ4v) is 5.90. The van der Waals surface area contributed by atoms with Crippen molar-refractivity contribution in [2.45, 2.75) is 36.4 Å². The zero-order chi connectivity index (χ0) is 19.8. The number of nitro groups is 1. The van der Waals surface area contributed by atoms with Crippen molar-refractivity contribution in [3.05, 3.63) is 63.7 Å². The molecule has 2 aromatic rings. The van der Waals surface area contributed by atoms with Gasteiger partial charge in [0.1, 0.15) is 0 Å². The van der Waals surface area contributed by atoms with Gasteiger partial charge in [-0.25, -0.2) is 0 Å². The molecule has 4 heterocycles. The molecular weight excluding hydrogens is 374 g/mol. The monoisotopic (exact) mass is 393 g/mol. The van der Waals surface area contributed by atoms with Crippen LogP contribution in [0.3, 0.4) is 0 Å². The summed E-state index contributed by atoms with van der Waals surface area (Å²) in [6.07, 6.45) is 1.73. The summed E-state index contributed by atoms with van der Waals surface area (Å²) in [6.45, 7) is 0.815. The van der Waals surface area contributed by atoms with E-state index in [0.29, 0.717) is 29.3 Å². The number of amides is 1. The van der Waals surface area contributed by atoms with Gasteiger partial charge in [0.25, 0.3) is 11.9 Å². The average Bonchev–Trinajstić information content (AvgIpc) is 3.46. The van der Waals surface area contributed by atoms with Crippen molar-refractivity contribution in [2.75, 3.05) is 18.7 Å². The Morgan fingerprint density at radius 2 is 2.00 bits per heavy atom. The third-order valence-corrected chi connectivity index (χ3v) is 6.88. The average molecular weight is 393 g/mol. The highest BCUT2D eigenvalue weighted by Gasteiger charge is 2.73. The molecule has 0 aliphatic carbocycles. The minimum Gasteiger partial charge on any atom is -0.454 e. The molecule has 148 valence electrons. The van der Waals surface area contributed by atoms with Crippen LogP contribution in [-0.2, 0) is 10.3 Å². The first-order chi connectivity index (χ1) is 14.1. The van der Waals surface area contributed by atoms with Gasteiger partial charge in [-0.1, -0.05) is 24.3 Å². The van der Waals surface area contributed by atoms with E-state index in [4.69, 9.17) is 9.47 Å². The summed E-state index contributed by atoms with van der Waals surface area (Å²) in [7, 11) is 0. The minimum atomic E-state index is -1.29. The lowest BCUT2D eigenvalue weighted by atomic mass is 9.77. The number of para-hydroxylation sites is 1. The van der Waals surface area contributed by atoms with Crippen molar-refractivity contribution in [3.8, 4) is 11.5 Å². The predicted octanol–water partition coefficient (Wildman–Crippen LogP) is 2.47. The third kappa shape index (κ3) is 1.99. The molecule has 4 aliphatic rings. The van der Waals surface area contributed by atoms with Crippen molar-refractivity contribution in [1.29, 1.82) is 0 Å². The number of carbonyl (C=O) groups is 1. The Morgan fingerprint density at radius 3 is 2.86 bits per heavy atom. The van der Waals surface area contributed by atoms with Gasteiger partial charge in [0.15, 0.2) is 17.0 Å². The summed E-state index contributed by atoms with van der Waals surface area (Å²) in [5.74, 6) is 0.534. The summed E-state index contributed by atoms with van der Waals surface area (Å²) < 4.78 is 10.9. The van der Waals surface area contributed by atoms with Crippen LogP contribution in [0.2, 0.25) is 0 Å². The molecule has 6 rings (SSSR count). The van der Waals surface area contributed by atoms with Crippen molar-refractivity contribution >= 4 is 11.6 Å².